The molecule has 132 valence electrons. The molecular formula is C18H27N3O3. The molecule has 0 saturated carbocycles. The number of rotatable bonds is 5. The van der Waals surface area contributed by atoms with Crippen molar-refractivity contribution in [2.75, 3.05) is 39.8 Å². The van der Waals surface area contributed by atoms with Gasteiger partial charge < -0.3 is 15.0 Å². The second kappa shape index (κ2) is 8.68. The van der Waals surface area contributed by atoms with Crippen LogP contribution in [0.4, 0.5) is 0 Å². The quantitative estimate of drug-likeness (QED) is 0.877. The van der Waals surface area contributed by atoms with Crippen molar-refractivity contribution in [2.24, 2.45) is 5.92 Å². The van der Waals surface area contributed by atoms with E-state index >= 15 is 0 Å². The van der Waals surface area contributed by atoms with Gasteiger partial charge in [0.1, 0.15) is 5.75 Å². The average Bonchev–Trinajstić information content (AvgIpc) is 2.79. The van der Waals surface area contributed by atoms with Crippen LogP contribution in [0.2, 0.25) is 0 Å². The smallest absolute Gasteiger partial charge is 0.225 e. The largest absolute Gasteiger partial charge is 0.494 e. The third kappa shape index (κ3) is 4.71. The summed E-state index contributed by atoms with van der Waals surface area (Å²) in [4.78, 5) is 27.9. The summed E-state index contributed by atoms with van der Waals surface area (Å²) in [5, 5.41) is 2.71. The van der Waals surface area contributed by atoms with Crippen LogP contribution in [0, 0.1) is 5.92 Å². The minimum atomic E-state index is -0.222. The van der Waals surface area contributed by atoms with Crippen LogP contribution in [0.3, 0.4) is 0 Å². The lowest BCUT2D eigenvalue weighted by atomic mass is 10.1. The Kier molecular flexibility index (Phi) is 6.61. The van der Waals surface area contributed by atoms with Crippen molar-refractivity contribution in [3.8, 4) is 5.75 Å². The zero-order chi connectivity index (χ0) is 17.5. The molecule has 24 heavy (non-hydrogen) atoms. The van der Waals surface area contributed by atoms with Crippen LogP contribution >= 0.6 is 0 Å². The first-order valence-corrected chi connectivity index (χ1v) is 8.45. The second-order valence-corrected chi connectivity index (χ2v) is 6.05. The van der Waals surface area contributed by atoms with Crippen LogP contribution < -0.4 is 10.1 Å². The van der Waals surface area contributed by atoms with Crippen LogP contribution in [-0.2, 0) is 16.1 Å². The van der Waals surface area contributed by atoms with Gasteiger partial charge in [-0.15, -0.1) is 0 Å². The molecule has 1 aliphatic rings. The van der Waals surface area contributed by atoms with Crippen molar-refractivity contribution < 1.29 is 14.3 Å². The van der Waals surface area contributed by atoms with Gasteiger partial charge in [0.05, 0.1) is 12.5 Å². The summed E-state index contributed by atoms with van der Waals surface area (Å²) in [7, 11) is 1.64. The molecule has 1 N–H and O–H groups in total. The van der Waals surface area contributed by atoms with Gasteiger partial charge in [-0.05, 0) is 13.0 Å². The highest BCUT2D eigenvalue weighted by Gasteiger charge is 2.28. The number of carbonyl (C=O) groups is 2. The molecule has 1 aromatic carbocycles. The molecule has 0 aliphatic carbocycles. The van der Waals surface area contributed by atoms with Gasteiger partial charge in [0.2, 0.25) is 11.8 Å². The first-order valence-electron chi connectivity index (χ1n) is 8.45. The second-order valence-electron chi connectivity index (χ2n) is 6.05. The van der Waals surface area contributed by atoms with E-state index < -0.39 is 0 Å². The fraction of sp³-hybridized carbons (Fsp3) is 0.556. The van der Waals surface area contributed by atoms with Gasteiger partial charge >= 0.3 is 0 Å². The predicted octanol–water partition coefficient (Wildman–Crippen LogP) is 1.11. The average molecular weight is 333 g/mol. The molecule has 0 spiro atoms. The van der Waals surface area contributed by atoms with Crippen molar-refractivity contribution in [3.05, 3.63) is 29.8 Å². The third-order valence-corrected chi connectivity index (χ3v) is 4.33. The molecule has 0 bridgehead atoms. The summed E-state index contributed by atoms with van der Waals surface area (Å²) in [5.74, 6) is 0.650. The highest BCUT2D eigenvalue weighted by atomic mass is 16.5. The minimum absolute atomic E-state index is 0.0143. The molecule has 1 fully saturated rings. The summed E-state index contributed by atoms with van der Waals surface area (Å²) in [6, 6.07) is 7.97. The zero-order valence-corrected chi connectivity index (χ0v) is 14.7. The number of para-hydroxylation sites is 1. The van der Waals surface area contributed by atoms with Crippen molar-refractivity contribution in [2.45, 2.75) is 20.4 Å². The third-order valence-electron chi connectivity index (χ3n) is 4.33. The van der Waals surface area contributed by atoms with E-state index in [9.17, 15) is 9.59 Å². The number of hydrogen-bond donors (Lipinski definition) is 1. The maximum atomic E-state index is 12.2. The summed E-state index contributed by atoms with van der Waals surface area (Å²) in [5.41, 5.74) is 1.10. The normalized spacial score (nSPS) is 18.8. The number of ether oxygens (including phenoxy) is 1. The molecule has 6 heteroatoms. The molecule has 0 radical (unpaired) electrons. The van der Waals surface area contributed by atoms with Crippen LogP contribution in [0.1, 0.15) is 19.4 Å². The monoisotopic (exact) mass is 333 g/mol. The highest BCUT2D eigenvalue weighted by Crippen LogP contribution is 2.21. The summed E-state index contributed by atoms with van der Waals surface area (Å²) in [6.07, 6.45) is 0. The van der Waals surface area contributed by atoms with Gasteiger partial charge in [0, 0.05) is 52.3 Å². The topological polar surface area (TPSA) is 61.9 Å². The summed E-state index contributed by atoms with van der Waals surface area (Å²) in [6.45, 7) is 7.33. The molecule has 1 saturated heterocycles. The zero-order valence-electron chi connectivity index (χ0n) is 14.7. The SMILES string of the molecule is CCOc1ccccc1CN1CCN(C(C)=O)C[C@@H](C(=O)NC)C1. The minimum Gasteiger partial charge on any atom is -0.494 e. The molecule has 2 amide bonds. The van der Waals surface area contributed by atoms with Crippen molar-refractivity contribution >= 4 is 11.8 Å². The summed E-state index contributed by atoms with van der Waals surface area (Å²) < 4.78 is 5.69. The van der Waals surface area contributed by atoms with E-state index in [2.05, 4.69) is 10.2 Å². The van der Waals surface area contributed by atoms with E-state index in [-0.39, 0.29) is 17.7 Å². The van der Waals surface area contributed by atoms with Gasteiger partial charge in [-0.2, -0.15) is 0 Å². The van der Waals surface area contributed by atoms with Crippen LogP contribution in [0.15, 0.2) is 24.3 Å². The van der Waals surface area contributed by atoms with Gasteiger partial charge in [-0.1, -0.05) is 18.2 Å². The molecule has 0 aromatic heterocycles. The molecule has 1 aromatic rings. The van der Waals surface area contributed by atoms with Crippen molar-refractivity contribution in [1.29, 1.82) is 0 Å². The maximum Gasteiger partial charge on any atom is 0.225 e. The summed E-state index contributed by atoms with van der Waals surface area (Å²) >= 11 is 0. The van der Waals surface area contributed by atoms with E-state index in [4.69, 9.17) is 4.74 Å². The number of nitrogens with one attached hydrogen (secondary N) is 1. The number of hydrogen-bond acceptors (Lipinski definition) is 4. The van der Waals surface area contributed by atoms with E-state index in [0.717, 1.165) is 17.9 Å². The Bertz CT molecular complexity index is 576. The number of nitrogens with zero attached hydrogens (tertiary/aromatic N) is 2. The van der Waals surface area contributed by atoms with E-state index in [1.165, 1.54) is 0 Å². The lowest BCUT2D eigenvalue weighted by molar-refractivity contribution is -0.130. The van der Waals surface area contributed by atoms with Crippen LogP contribution in [0.5, 0.6) is 5.75 Å². The first kappa shape index (κ1) is 18.3. The molecule has 1 heterocycles. The fourth-order valence-corrected chi connectivity index (χ4v) is 3.05. The fourth-order valence-electron chi connectivity index (χ4n) is 3.05. The Hall–Kier alpha value is -2.08. The van der Waals surface area contributed by atoms with Gasteiger partial charge in [-0.3, -0.25) is 14.5 Å². The Morgan fingerprint density at radius 3 is 2.67 bits per heavy atom. The van der Waals surface area contributed by atoms with Crippen LogP contribution in [0.25, 0.3) is 0 Å². The Morgan fingerprint density at radius 2 is 2.00 bits per heavy atom. The van der Waals surface area contributed by atoms with E-state index in [1.807, 2.05) is 31.2 Å². The molecule has 1 atom stereocenters. The predicted molar refractivity (Wildman–Crippen MR) is 92.7 cm³/mol. The molecular weight excluding hydrogens is 306 g/mol. The molecule has 0 unspecified atom stereocenters. The first-order chi connectivity index (χ1) is 11.5. The standard InChI is InChI=1S/C18H27N3O3/c1-4-24-17-8-6-5-7-15(17)11-20-9-10-21(14(2)22)13-16(12-20)18(23)19-3/h5-8,16H,4,9-13H2,1-3H3,(H,19,23)/t16-/m0/s1. The highest BCUT2D eigenvalue weighted by molar-refractivity contribution is 5.80. The lowest BCUT2D eigenvalue weighted by Gasteiger charge is -2.23. The molecule has 1 aliphatic heterocycles. The van der Waals surface area contributed by atoms with Crippen molar-refractivity contribution in [1.82, 2.24) is 15.1 Å². The number of amides is 2. The molecule has 6 nitrogen and oxygen atoms in total. The Balaban J connectivity index is 2.14. The van der Waals surface area contributed by atoms with Gasteiger partial charge in [0.15, 0.2) is 0 Å². The Morgan fingerprint density at radius 1 is 1.25 bits per heavy atom. The molecule has 2 rings (SSSR count). The number of benzene rings is 1. The Labute approximate surface area is 143 Å². The van der Waals surface area contributed by atoms with E-state index in [0.29, 0.717) is 32.8 Å². The van der Waals surface area contributed by atoms with E-state index in [1.54, 1.807) is 18.9 Å². The number of carbonyl (C=O) groups excluding carboxylic acids is 2. The van der Waals surface area contributed by atoms with Crippen molar-refractivity contribution in [3.63, 3.8) is 0 Å². The van der Waals surface area contributed by atoms with Crippen LogP contribution in [-0.4, -0.2) is 61.4 Å². The maximum absolute atomic E-state index is 12.2. The lowest BCUT2D eigenvalue weighted by Crippen LogP contribution is -2.40. The van der Waals surface area contributed by atoms with Gasteiger partial charge in [-0.25, -0.2) is 0 Å². The van der Waals surface area contributed by atoms with Gasteiger partial charge in [0.25, 0.3) is 0 Å².